The van der Waals surface area contributed by atoms with Gasteiger partial charge in [-0.2, -0.15) is 0 Å². The van der Waals surface area contributed by atoms with E-state index in [2.05, 4.69) is 15.6 Å². The molecule has 3 amide bonds. The molecule has 1 aromatic heterocycles. The van der Waals surface area contributed by atoms with Gasteiger partial charge in [-0.3, -0.25) is 4.79 Å². The molecule has 0 radical (unpaired) electrons. The predicted molar refractivity (Wildman–Crippen MR) is 72.6 cm³/mol. The van der Waals surface area contributed by atoms with Crippen LogP contribution in [0.4, 0.5) is 4.79 Å². The van der Waals surface area contributed by atoms with Crippen LogP contribution in [0.25, 0.3) is 0 Å². The lowest BCUT2D eigenvalue weighted by atomic mass is 10.3. The highest BCUT2D eigenvalue weighted by molar-refractivity contribution is 7.09. The standard InChI is InChI=1S/C11H16N4O4S/c1-6(9(16)15(2)3)13-11(19)12-4-8-14-7(5-20-8)10(17)18/h5-6H,4H2,1-3H3,(H,17,18)(H2,12,13,19). The Balaban J connectivity index is 2.43. The predicted octanol–water partition coefficient (Wildman–Crippen LogP) is 0.117. The molecule has 0 saturated heterocycles. The van der Waals surface area contributed by atoms with E-state index in [0.29, 0.717) is 5.01 Å². The molecule has 0 saturated carbocycles. The minimum absolute atomic E-state index is 0.0524. The lowest BCUT2D eigenvalue weighted by Gasteiger charge is -2.18. The van der Waals surface area contributed by atoms with Crippen molar-refractivity contribution in [3.05, 3.63) is 16.1 Å². The van der Waals surface area contributed by atoms with E-state index >= 15 is 0 Å². The number of hydrogen-bond donors (Lipinski definition) is 3. The van der Waals surface area contributed by atoms with Gasteiger partial charge in [-0.15, -0.1) is 11.3 Å². The van der Waals surface area contributed by atoms with E-state index in [1.807, 2.05) is 0 Å². The molecule has 0 aliphatic carbocycles. The van der Waals surface area contributed by atoms with Gasteiger partial charge < -0.3 is 20.6 Å². The Kier molecular flexibility index (Phi) is 5.44. The zero-order chi connectivity index (χ0) is 15.3. The molecule has 1 aromatic rings. The number of carbonyl (C=O) groups excluding carboxylic acids is 2. The number of nitrogens with zero attached hydrogens (tertiary/aromatic N) is 2. The average Bonchev–Trinajstić information content (AvgIpc) is 2.84. The van der Waals surface area contributed by atoms with Crippen LogP contribution < -0.4 is 10.6 Å². The van der Waals surface area contributed by atoms with E-state index in [1.165, 1.54) is 10.3 Å². The molecular weight excluding hydrogens is 284 g/mol. The Bertz CT molecular complexity index is 514. The number of urea groups is 1. The normalized spacial score (nSPS) is 11.6. The monoisotopic (exact) mass is 300 g/mol. The van der Waals surface area contributed by atoms with Crippen molar-refractivity contribution in [3.63, 3.8) is 0 Å². The summed E-state index contributed by atoms with van der Waals surface area (Å²) in [6, 6.07) is -1.16. The van der Waals surface area contributed by atoms with Crippen LogP contribution in [-0.2, 0) is 11.3 Å². The summed E-state index contributed by atoms with van der Waals surface area (Å²) in [7, 11) is 3.20. The third-order valence-corrected chi connectivity index (χ3v) is 3.18. The second-order valence-electron chi connectivity index (χ2n) is 4.21. The second-order valence-corrected chi connectivity index (χ2v) is 5.16. The number of rotatable bonds is 5. The van der Waals surface area contributed by atoms with Crippen molar-refractivity contribution in [1.29, 1.82) is 0 Å². The molecule has 0 aromatic carbocycles. The van der Waals surface area contributed by atoms with Crippen LogP contribution in [0, 0.1) is 0 Å². The lowest BCUT2D eigenvalue weighted by molar-refractivity contribution is -0.130. The molecule has 0 aliphatic rings. The molecule has 3 N–H and O–H groups in total. The SMILES string of the molecule is CC(NC(=O)NCc1nc(C(=O)O)cs1)C(=O)N(C)C. The molecule has 0 spiro atoms. The van der Waals surface area contributed by atoms with E-state index in [-0.39, 0.29) is 18.1 Å². The molecule has 0 fully saturated rings. The van der Waals surface area contributed by atoms with E-state index in [4.69, 9.17) is 5.11 Å². The molecule has 110 valence electrons. The average molecular weight is 300 g/mol. The van der Waals surface area contributed by atoms with E-state index in [0.717, 1.165) is 11.3 Å². The number of carboxylic acid groups (broad SMARTS) is 1. The molecule has 8 nitrogen and oxygen atoms in total. The fraction of sp³-hybridized carbons (Fsp3) is 0.455. The number of thiazole rings is 1. The van der Waals surface area contributed by atoms with Gasteiger partial charge in [0.1, 0.15) is 11.0 Å². The second kappa shape index (κ2) is 6.85. The maximum absolute atomic E-state index is 11.6. The highest BCUT2D eigenvalue weighted by Crippen LogP contribution is 2.09. The summed E-state index contributed by atoms with van der Waals surface area (Å²) in [4.78, 5) is 38.9. The summed E-state index contributed by atoms with van der Waals surface area (Å²) in [5, 5.41) is 15.6. The van der Waals surface area contributed by atoms with Crippen molar-refractivity contribution >= 4 is 29.2 Å². The first-order chi connectivity index (χ1) is 9.31. The zero-order valence-corrected chi connectivity index (χ0v) is 12.2. The number of carbonyl (C=O) groups is 3. The molecule has 1 rings (SSSR count). The van der Waals surface area contributed by atoms with Gasteiger partial charge >= 0.3 is 12.0 Å². The van der Waals surface area contributed by atoms with E-state index in [9.17, 15) is 14.4 Å². The lowest BCUT2D eigenvalue weighted by Crippen LogP contribution is -2.47. The molecule has 0 bridgehead atoms. The minimum Gasteiger partial charge on any atom is -0.476 e. The van der Waals surface area contributed by atoms with Crippen LogP contribution in [0.2, 0.25) is 0 Å². The van der Waals surface area contributed by atoms with Crippen molar-refractivity contribution in [1.82, 2.24) is 20.5 Å². The maximum atomic E-state index is 11.6. The van der Waals surface area contributed by atoms with Crippen LogP contribution in [-0.4, -0.2) is 53.0 Å². The van der Waals surface area contributed by atoms with Crippen molar-refractivity contribution in [2.75, 3.05) is 14.1 Å². The number of nitrogens with one attached hydrogen (secondary N) is 2. The summed E-state index contributed by atoms with van der Waals surface area (Å²) in [5.41, 5.74) is -0.0524. The van der Waals surface area contributed by atoms with Gasteiger partial charge in [0.05, 0.1) is 6.54 Å². The Morgan fingerprint density at radius 3 is 2.60 bits per heavy atom. The number of hydrogen-bond acceptors (Lipinski definition) is 5. The van der Waals surface area contributed by atoms with Crippen molar-refractivity contribution in [2.24, 2.45) is 0 Å². The third-order valence-electron chi connectivity index (χ3n) is 2.33. The van der Waals surface area contributed by atoms with Gasteiger partial charge in [0.15, 0.2) is 5.69 Å². The number of aromatic nitrogens is 1. The van der Waals surface area contributed by atoms with Crippen LogP contribution in [0.5, 0.6) is 0 Å². The maximum Gasteiger partial charge on any atom is 0.355 e. The van der Waals surface area contributed by atoms with Gasteiger partial charge in [0.2, 0.25) is 5.91 Å². The molecule has 20 heavy (non-hydrogen) atoms. The highest BCUT2D eigenvalue weighted by Gasteiger charge is 2.17. The summed E-state index contributed by atoms with van der Waals surface area (Å²) in [6.45, 7) is 1.68. The van der Waals surface area contributed by atoms with E-state index < -0.39 is 18.0 Å². The minimum atomic E-state index is -1.11. The van der Waals surface area contributed by atoms with Crippen LogP contribution in [0.15, 0.2) is 5.38 Å². The Labute approximate surface area is 119 Å². The summed E-state index contributed by atoms with van der Waals surface area (Å²) in [6.07, 6.45) is 0. The van der Waals surface area contributed by atoms with Crippen molar-refractivity contribution < 1.29 is 19.5 Å². The molecule has 1 atom stereocenters. The Morgan fingerprint density at radius 2 is 2.10 bits per heavy atom. The van der Waals surface area contributed by atoms with Crippen molar-refractivity contribution in [3.8, 4) is 0 Å². The smallest absolute Gasteiger partial charge is 0.355 e. The van der Waals surface area contributed by atoms with Gasteiger partial charge in [-0.1, -0.05) is 0 Å². The van der Waals surface area contributed by atoms with Gasteiger partial charge in [0, 0.05) is 19.5 Å². The van der Waals surface area contributed by atoms with Crippen LogP contribution >= 0.6 is 11.3 Å². The number of aromatic carboxylic acids is 1. The molecule has 1 unspecified atom stereocenters. The molecule has 9 heteroatoms. The first-order valence-corrected chi connectivity index (χ1v) is 6.62. The fourth-order valence-electron chi connectivity index (χ4n) is 1.34. The number of likely N-dealkylation sites (N-methyl/N-ethyl adjacent to an activating group) is 1. The first kappa shape index (κ1) is 15.9. The third kappa shape index (κ3) is 4.50. The summed E-state index contributed by atoms with van der Waals surface area (Å²) in [5.74, 6) is -1.33. The Morgan fingerprint density at radius 1 is 1.45 bits per heavy atom. The molecule has 1 heterocycles. The summed E-state index contributed by atoms with van der Waals surface area (Å²) < 4.78 is 0. The van der Waals surface area contributed by atoms with Crippen molar-refractivity contribution in [2.45, 2.75) is 19.5 Å². The number of carboxylic acids is 1. The fourth-order valence-corrected chi connectivity index (χ4v) is 2.05. The number of amides is 3. The highest BCUT2D eigenvalue weighted by atomic mass is 32.1. The quantitative estimate of drug-likeness (QED) is 0.715. The van der Waals surface area contributed by atoms with Gasteiger partial charge in [-0.25, -0.2) is 14.6 Å². The van der Waals surface area contributed by atoms with Gasteiger partial charge in [-0.05, 0) is 6.92 Å². The molecule has 0 aliphatic heterocycles. The van der Waals surface area contributed by atoms with Crippen LogP contribution in [0.3, 0.4) is 0 Å². The van der Waals surface area contributed by atoms with E-state index in [1.54, 1.807) is 21.0 Å². The van der Waals surface area contributed by atoms with Gasteiger partial charge in [0.25, 0.3) is 0 Å². The Hall–Kier alpha value is -2.16. The zero-order valence-electron chi connectivity index (χ0n) is 11.3. The topological polar surface area (TPSA) is 112 Å². The first-order valence-electron chi connectivity index (χ1n) is 5.74. The van der Waals surface area contributed by atoms with Crippen LogP contribution in [0.1, 0.15) is 22.4 Å². The summed E-state index contributed by atoms with van der Waals surface area (Å²) >= 11 is 1.14. The largest absolute Gasteiger partial charge is 0.476 e. The molecular formula is C11H16N4O4S.